The lowest BCUT2D eigenvalue weighted by Gasteiger charge is -2.03. The van der Waals surface area contributed by atoms with E-state index in [1.807, 2.05) is 6.92 Å². The minimum absolute atomic E-state index is 0.0962. The van der Waals surface area contributed by atoms with E-state index in [-0.39, 0.29) is 5.92 Å². The summed E-state index contributed by atoms with van der Waals surface area (Å²) in [7, 11) is -1.21. The average Bonchev–Trinajstić information content (AvgIpc) is 2.05. The van der Waals surface area contributed by atoms with E-state index in [0.717, 1.165) is 6.29 Å². The Kier molecular flexibility index (Phi) is 11.9. The molecule has 76 valence electrons. The topological polar surface area (TPSA) is 17.1 Å². The first-order chi connectivity index (χ1) is 5.95. The third-order valence-corrected chi connectivity index (χ3v) is 2.05. The third-order valence-electron chi connectivity index (χ3n) is 1.12. The Balaban J connectivity index is 0. The minimum atomic E-state index is -1.21. The van der Waals surface area contributed by atoms with Crippen molar-refractivity contribution in [1.82, 2.24) is 0 Å². The molecule has 0 amide bonds. The zero-order valence-electron chi connectivity index (χ0n) is 8.53. The minimum Gasteiger partial charge on any atom is -0.303 e. The van der Waals surface area contributed by atoms with Gasteiger partial charge in [0.25, 0.3) is 0 Å². The van der Waals surface area contributed by atoms with E-state index in [4.69, 9.17) is 0 Å². The smallest absolute Gasteiger partial charge is 0.129 e. The zero-order chi connectivity index (χ0) is 10.9. The number of halogens is 2. The van der Waals surface area contributed by atoms with E-state index in [2.05, 4.69) is 68.3 Å². The van der Waals surface area contributed by atoms with Crippen LogP contribution in [-0.4, -0.2) is 14.4 Å². The van der Waals surface area contributed by atoms with Crippen molar-refractivity contribution >= 4 is 51.6 Å². The summed E-state index contributed by atoms with van der Waals surface area (Å²) >= 11 is 4.24. The average molecular weight is 422 g/mol. The molecule has 0 fully saturated rings. The molecule has 0 heterocycles. The van der Waals surface area contributed by atoms with Crippen LogP contribution in [0.4, 0.5) is 0 Å². The number of hydrogen-bond donors (Lipinski definition) is 0. The molecule has 0 N–H and O–H groups in total. The van der Waals surface area contributed by atoms with Crippen LogP contribution in [0, 0.1) is 17.4 Å². The van der Waals surface area contributed by atoms with Crippen molar-refractivity contribution in [1.29, 1.82) is 0 Å². The molecule has 0 rings (SSSR count). The monoisotopic (exact) mass is 422 g/mol. The van der Waals surface area contributed by atoms with Crippen LogP contribution < -0.4 is 0 Å². The fourth-order valence-electron chi connectivity index (χ4n) is 0.525. The van der Waals surface area contributed by atoms with E-state index < -0.39 is 8.07 Å². The van der Waals surface area contributed by atoms with Crippen LogP contribution in [0.1, 0.15) is 13.3 Å². The number of hydrogen-bond acceptors (Lipinski definition) is 1. The fraction of sp³-hybridized carbons (Fsp3) is 0.667. The maximum absolute atomic E-state index is 10.2. The van der Waals surface area contributed by atoms with Crippen LogP contribution >= 0.6 is 37.2 Å². The lowest BCUT2D eigenvalue weighted by molar-refractivity contribution is -0.110. The molecule has 0 aromatic heterocycles. The van der Waals surface area contributed by atoms with Gasteiger partial charge >= 0.3 is 0 Å². The van der Waals surface area contributed by atoms with Gasteiger partial charge in [0, 0.05) is 49.6 Å². The molecule has 0 saturated heterocycles. The van der Waals surface area contributed by atoms with E-state index in [0.29, 0.717) is 6.42 Å². The number of carbonyl (C=O) groups excluding carboxylic acids is 1. The molecule has 0 aliphatic carbocycles. The first-order valence-electron chi connectivity index (χ1n) is 4.05. The molecule has 4 heteroatoms. The number of rotatable bonds is 2. The van der Waals surface area contributed by atoms with Crippen molar-refractivity contribution in [2.24, 2.45) is 5.92 Å². The largest absolute Gasteiger partial charge is 0.303 e. The van der Waals surface area contributed by atoms with Gasteiger partial charge in [0.05, 0.1) is 0 Å². The van der Waals surface area contributed by atoms with Crippen molar-refractivity contribution < 1.29 is 4.79 Å². The Morgan fingerprint density at radius 2 is 1.85 bits per heavy atom. The quantitative estimate of drug-likeness (QED) is 0.286. The van der Waals surface area contributed by atoms with E-state index in [1.165, 1.54) is 0 Å². The van der Waals surface area contributed by atoms with Crippen molar-refractivity contribution in [2.45, 2.75) is 33.0 Å². The molecule has 0 saturated carbocycles. The normalized spacial score (nSPS) is 11.5. The van der Waals surface area contributed by atoms with Gasteiger partial charge in [-0.25, -0.2) is 0 Å². The van der Waals surface area contributed by atoms with Gasteiger partial charge in [0.15, 0.2) is 0 Å². The van der Waals surface area contributed by atoms with Gasteiger partial charge in [-0.05, 0) is 0 Å². The first-order valence-corrected chi connectivity index (χ1v) is 13.8. The molecular formula is C9H16I2OSi. The predicted octanol–water partition coefficient (Wildman–Crippen LogP) is 3.86. The first kappa shape index (κ1) is 16.3. The second kappa shape index (κ2) is 9.46. The molecular weight excluding hydrogens is 406 g/mol. The van der Waals surface area contributed by atoms with Crippen molar-refractivity contribution in [2.75, 3.05) is 0 Å². The summed E-state index contributed by atoms with van der Waals surface area (Å²) in [6, 6.07) is 0. The lowest BCUT2D eigenvalue weighted by Crippen LogP contribution is -2.16. The molecule has 0 bridgehead atoms. The van der Waals surface area contributed by atoms with Gasteiger partial charge in [-0.2, -0.15) is 0 Å². The van der Waals surface area contributed by atoms with Gasteiger partial charge in [0.2, 0.25) is 0 Å². The summed E-state index contributed by atoms with van der Waals surface area (Å²) in [4.78, 5) is 10.2. The Morgan fingerprint density at radius 3 is 2.15 bits per heavy atom. The van der Waals surface area contributed by atoms with Crippen LogP contribution in [0.5, 0.6) is 0 Å². The summed E-state index contributed by atoms with van der Waals surface area (Å²) in [6.45, 7) is 8.49. The molecule has 0 aromatic carbocycles. The highest BCUT2D eigenvalue weighted by atomic mass is 128. The third kappa shape index (κ3) is 15.6. The Labute approximate surface area is 106 Å². The van der Waals surface area contributed by atoms with Gasteiger partial charge < -0.3 is 4.79 Å². The summed E-state index contributed by atoms with van der Waals surface area (Å²) in [5.74, 6) is 3.15. The van der Waals surface area contributed by atoms with Crippen LogP contribution in [0.3, 0.4) is 0 Å². The SMILES string of the molecule is C[C@@H](C=O)CC#C[Si](C)(C)C.II. The predicted molar refractivity (Wildman–Crippen MR) is 79.0 cm³/mol. The molecule has 0 radical (unpaired) electrons. The zero-order valence-corrected chi connectivity index (χ0v) is 13.8. The van der Waals surface area contributed by atoms with E-state index >= 15 is 0 Å². The highest BCUT2D eigenvalue weighted by molar-refractivity contribution is 15.0. The van der Waals surface area contributed by atoms with Crippen LogP contribution in [0.2, 0.25) is 19.6 Å². The van der Waals surface area contributed by atoms with Crippen molar-refractivity contribution in [3.05, 3.63) is 0 Å². The molecule has 0 spiro atoms. The Hall–Kier alpha value is 0.907. The summed E-state index contributed by atoms with van der Waals surface area (Å²) in [6.07, 6.45) is 1.67. The number of carbonyl (C=O) groups is 1. The Bertz CT molecular complexity index is 188. The maximum Gasteiger partial charge on any atom is 0.129 e. The van der Waals surface area contributed by atoms with Gasteiger partial charge in [-0.15, -0.1) is 11.5 Å². The van der Waals surface area contributed by atoms with Crippen LogP contribution in [-0.2, 0) is 4.79 Å². The molecule has 1 nitrogen and oxygen atoms in total. The standard InChI is InChI=1S/C9H16OSi.I2/c1-9(8-10)6-5-7-11(2,3)4;1-2/h8-9H,6H2,1-4H3;/t9-;/m1./s1. The lowest BCUT2D eigenvalue weighted by atomic mass is 10.1. The summed E-state index contributed by atoms with van der Waals surface area (Å²) in [5.41, 5.74) is 3.22. The fourth-order valence-corrected chi connectivity index (χ4v) is 1.16. The second-order valence-corrected chi connectivity index (χ2v) is 8.62. The molecule has 0 aliphatic heterocycles. The Morgan fingerprint density at radius 1 is 1.38 bits per heavy atom. The molecule has 0 aromatic rings. The van der Waals surface area contributed by atoms with Gasteiger partial charge in [0.1, 0.15) is 14.4 Å². The van der Waals surface area contributed by atoms with Crippen LogP contribution in [0.25, 0.3) is 0 Å². The van der Waals surface area contributed by atoms with E-state index in [1.54, 1.807) is 0 Å². The highest BCUT2D eigenvalue weighted by Gasteiger charge is 2.07. The number of aldehydes is 1. The van der Waals surface area contributed by atoms with Gasteiger partial charge in [-0.3, -0.25) is 0 Å². The second-order valence-electron chi connectivity index (χ2n) is 3.87. The molecule has 0 unspecified atom stereocenters. The van der Waals surface area contributed by atoms with Crippen molar-refractivity contribution in [3.8, 4) is 11.5 Å². The van der Waals surface area contributed by atoms with E-state index in [9.17, 15) is 4.79 Å². The molecule has 0 aliphatic rings. The van der Waals surface area contributed by atoms with Crippen LogP contribution in [0.15, 0.2) is 0 Å². The van der Waals surface area contributed by atoms with Crippen molar-refractivity contribution in [3.63, 3.8) is 0 Å². The highest BCUT2D eigenvalue weighted by Crippen LogP contribution is 1.99. The summed E-state index contributed by atoms with van der Waals surface area (Å²) < 4.78 is 0. The van der Waals surface area contributed by atoms with Gasteiger partial charge in [-0.1, -0.05) is 26.6 Å². The molecule has 1 atom stereocenters. The maximum atomic E-state index is 10.2. The summed E-state index contributed by atoms with van der Waals surface area (Å²) in [5, 5.41) is 0. The molecule has 13 heavy (non-hydrogen) atoms.